The molecule has 1 fully saturated rings. The topological polar surface area (TPSA) is 33.2 Å². The van der Waals surface area contributed by atoms with Gasteiger partial charge in [0.25, 0.3) is 0 Å². The zero-order valence-electron chi connectivity index (χ0n) is 12.6. The molecule has 2 heterocycles. The van der Waals surface area contributed by atoms with Crippen molar-refractivity contribution >= 4 is 27.5 Å². The average molecular weight is 312 g/mol. The number of carbonyl (C=O) groups excluding carboxylic acids is 1. The highest BCUT2D eigenvalue weighted by Crippen LogP contribution is 2.37. The number of hydrogen-bond donors (Lipinski definition) is 0. The highest BCUT2D eigenvalue weighted by molar-refractivity contribution is 7.18. The molecule has 114 valence electrons. The van der Waals surface area contributed by atoms with Crippen LogP contribution in [0.4, 0.5) is 0 Å². The summed E-state index contributed by atoms with van der Waals surface area (Å²) in [7, 11) is 0. The minimum Gasteiger partial charge on any atom is -0.333 e. The molecule has 0 bridgehead atoms. The first-order valence-electron chi connectivity index (χ1n) is 8.13. The van der Waals surface area contributed by atoms with E-state index in [0.717, 1.165) is 42.8 Å². The fraction of sp³-hybridized carbons (Fsp3) is 0.444. The van der Waals surface area contributed by atoms with Gasteiger partial charge < -0.3 is 4.90 Å². The Morgan fingerprint density at radius 2 is 2.23 bits per heavy atom. The van der Waals surface area contributed by atoms with E-state index < -0.39 is 0 Å². The van der Waals surface area contributed by atoms with Crippen molar-refractivity contribution in [2.24, 2.45) is 5.92 Å². The van der Waals surface area contributed by atoms with E-state index in [1.54, 1.807) is 11.3 Å². The number of rotatable bonds is 3. The van der Waals surface area contributed by atoms with Gasteiger partial charge in [0.1, 0.15) is 5.01 Å². The monoisotopic (exact) mass is 312 g/mol. The summed E-state index contributed by atoms with van der Waals surface area (Å²) in [6.45, 7) is 0.885. The third-order valence-electron chi connectivity index (χ3n) is 4.72. The minimum atomic E-state index is 0.190. The van der Waals surface area contributed by atoms with Gasteiger partial charge in [0, 0.05) is 13.0 Å². The number of thiazole rings is 1. The van der Waals surface area contributed by atoms with Crippen molar-refractivity contribution in [3.63, 3.8) is 0 Å². The van der Waals surface area contributed by atoms with Gasteiger partial charge in [-0.15, -0.1) is 11.3 Å². The molecule has 0 radical (unpaired) electrons. The Kier molecular flexibility index (Phi) is 3.70. The standard InChI is InChI=1S/C18H20N2OS/c21-17(12-13-6-1-2-7-13)20-11-5-9-15(20)18-19-14-8-3-4-10-16(14)22-18/h1,3-4,6,8,10,13,15H,2,5,7,9,11-12H2/t13-,15+/m1/s1. The molecule has 1 aromatic carbocycles. The minimum absolute atomic E-state index is 0.190. The summed E-state index contributed by atoms with van der Waals surface area (Å²) >= 11 is 1.74. The van der Waals surface area contributed by atoms with Gasteiger partial charge in [-0.25, -0.2) is 4.98 Å². The molecule has 4 heteroatoms. The van der Waals surface area contributed by atoms with E-state index in [9.17, 15) is 4.79 Å². The Bertz CT molecular complexity index is 688. The van der Waals surface area contributed by atoms with Crippen molar-refractivity contribution in [3.05, 3.63) is 41.4 Å². The number of aromatic nitrogens is 1. The van der Waals surface area contributed by atoms with E-state index in [4.69, 9.17) is 4.98 Å². The molecule has 4 rings (SSSR count). The average Bonchev–Trinajstić information content (AvgIpc) is 3.26. The van der Waals surface area contributed by atoms with Gasteiger partial charge in [0.15, 0.2) is 0 Å². The van der Waals surface area contributed by atoms with Crippen LogP contribution < -0.4 is 0 Å². The van der Waals surface area contributed by atoms with Crippen LogP contribution in [0.2, 0.25) is 0 Å². The molecule has 1 saturated heterocycles. The smallest absolute Gasteiger partial charge is 0.223 e. The van der Waals surface area contributed by atoms with Crippen LogP contribution in [0, 0.1) is 5.92 Å². The van der Waals surface area contributed by atoms with Gasteiger partial charge in [0.2, 0.25) is 5.91 Å². The Labute approximate surface area is 134 Å². The number of allylic oxidation sites excluding steroid dienone is 2. The van der Waals surface area contributed by atoms with Gasteiger partial charge in [-0.3, -0.25) is 4.79 Å². The number of nitrogens with zero attached hydrogens (tertiary/aromatic N) is 2. The number of para-hydroxylation sites is 1. The van der Waals surface area contributed by atoms with E-state index in [2.05, 4.69) is 29.2 Å². The van der Waals surface area contributed by atoms with E-state index in [1.165, 1.54) is 4.70 Å². The quantitative estimate of drug-likeness (QED) is 0.791. The maximum absolute atomic E-state index is 12.7. The molecule has 1 aliphatic heterocycles. The molecule has 0 N–H and O–H groups in total. The number of likely N-dealkylation sites (tertiary alicyclic amines) is 1. The first-order valence-corrected chi connectivity index (χ1v) is 8.94. The second kappa shape index (κ2) is 5.84. The molecule has 2 aromatic rings. The summed E-state index contributed by atoms with van der Waals surface area (Å²) in [4.78, 5) is 19.5. The lowest BCUT2D eigenvalue weighted by Crippen LogP contribution is -2.31. The summed E-state index contributed by atoms with van der Waals surface area (Å²) in [6.07, 6.45) is 9.47. The molecule has 3 nitrogen and oxygen atoms in total. The van der Waals surface area contributed by atoms with Crippen LogP contribution >= 0.6 is 11.3 Å². The largest absolute Gasteiger partial charge is 0.333 e. The molecular formula is C18H20N2OS. The molecule has 1 aliphatic carbocycles. The highest BCUT2D eigenvalue weighted by atomic mass is 32.1. The maximum atomic E-state index is 12.7. The van der Waals surface area contributed by atoms with E-state index >= 15 is 0 Å². The summed E-state index contributed by atoms with van der Waals surface area (Å²) in [5, 5.41) is 1.11. The number of benzene rings is 1. The third kappa shape index (κ3) is 2.56. The van der Waals surface area contributed by atoms with Gasteiger partial charge in [0.05, 0.1) is 16.3 Å². The Morgan fingerprint density at radius 1 is 1.32 bits per heavy atom. The van der Waals surface area contributed by atoms with E-state index in [0.29, 0.717) is 18.2 Å². The van der Waals surface area contributed by atoms with Crippen molar-refractivity contribution in [2.75, 3.05) is 6.54 Å². The first-order chi connectivity index (χ1) is 10.8. The summed E-state index contributed by atoms with van der Waals surface area (Å²) in [5.41, 5.74) is 1.06. The maximum Gasteiger partial charge on any atom is 0.223 e. The normalized spacial score (nSPS) is 24.5. The lowest BCUT2D eigenvalue weighted by molar-refractivity contribution is -0.132. The SMILES string of the molecule is O=C(C[C@@H]1C=CCC1)N1CCC[C@H]1c1nc2ccccc2s1. The summed E-state index contributed by atoms with van der Waals surface area (Å²) < 4.78 is 1.22. The third-order valence-corrected chi connectivity index (χ3v) is 5.86. The van der Waals surface area contributed by atoms with Gasteiger partial charge >= 0.3 is 0 Å². The Morgan fingerprint density at radius 3 is 3.05 bits per heavy atom. The van der Waals surface area contributed by atoms with Crippen molar-refractivity contribution < 1.29 is 4.79 Å². The van der Waals surface area contributed by atoms with Crippen molar-refractivity contribution in [1.82, 2.24) is 9.88 Å². The molecule has 1 amide bonds. The second-order valence-corrected chi connectivity index (χ2v) is 7.30. The fourth-order valence-electron chi connectivity index (χ4n) is 3.56. The van der Waals surface area contributed by atoms with Gasteiger partial charge in [-0.1, -0.05) is 24.3 Å². The van der Waals surface area contributed by atoms with Crippen LogP contribution in [0.1, 0.15) is 43.2 Å². The molecule has 1 aromatic heterocycles. The van der Waals surface area contributed by atoms with Crippen LogP contribution in [0.5, 0.6) is 0 Å². The molecule has 0 spiro atoms. The molecule has 2 atom stereocenters. The second-order valence-electron chi connectivity index (χ2n) is 6.23. The summed E-state index contributed by atoms with van der Waals surface area (Å²) in [6, 6.07) is 8.43. The van der Waals surface area contributed by atoms with Crippen LogP contribution in [0.3, 0.4) is 0 Å². The number of hydrogen-bond acceptors (Lipinski definition) is 3. The first kappa shape index (κ1) is 13.9. The van der Waals surface area contributed by atoms with Crippen LogP contribution in [0.15, 0.2) is 36.4 Å². The Hall–Kier alpha value is -1.68. The van der Waals surface area contributed by atoms with E-state index in [1.807, 2.05) is 12.1 Å². The lowest BCUT2D eigenvalue weighted by Gasteiger charge is -2.24. The number of fused-ring (bicyclic) bond motifs is 1. The molecular weight excluding hydrogens is 292 g/mol. The van der Waals surface area contributed by atoms with Crippen molar-refractivity contribution in [2.45, 2.75) is 38.1 Å². The molecule has 2 aliphatic rings. The molecule has 0 saturated carbocycles. The van der Waals surface area contributed by atoms with Crippen molar-refractivity contribution in [1.29, 1.82) is 0 Å². The number of amides is 1. The molecule has 22 heavy (non-hydrogen) atoms. The zero-order valence-corrected chi connectivity index (χ0v) is 13.4. The highest BCUT2D eigenvalue weighted by Gasteiger charge is 2.32. The lowest BCUT2D eigenvalue weighted by atomic mass is 10.0. The van der Waals surface area contributed by atoms with Gasteiger partial charge in [-0.2, -0.15) is 0 Å². The Balaban J connectivity index is 1.54. The fourth-order valence-corrected chi connectivity index (χ4v) is 4.68. The van der Waals surface area contributed by atoms with E-state index in [-0.39, 0.29) is 6.04 Å². The predicted octanol–water partition coefficient (Wildman–Crippen LogP) is 4.32. The predicted molar refractivity (Wildman–Crippen MR) is 89.8 cm³/mol. The van der Waals surface area contributed by atoms with Crippen LogP contribution in [-0.4, -0.2) is 22.3 Å². The van der Waals surface area contributed by atoms with Gasteiger partial charge in [-0.05, 0) is 43.7 Å². The number of carbonyl (C=O) groups is 1. The zero-order chi connectivity index (χ0) is 14.9. The van der Waals surface area contributed by atoms with Crippen LogP contribution in [0.25, 0.3) is 10.2 Å². The molecule has 0 unspecified atom stereocenters. The summed E-state index contributed by atoms with van der Waals surface area (Å²) in [5.74, 6) is 0.752. The van der Waals surface area contributed by atoms with Crippen molar-refractivity contribution in [3.8, 4) is 0 Å². The van der Waals surface area contributed by atoms with Crippen LogP contribution in [-0.2, 0) is 4.79 Å².